The third-order valence-corrected chi connectivity index (χ3v) is 1.48. The molecule has 0 saturated carbocycles. The second-order valence-electron chi connectivity index (χ2n) is 2.27. The van der Waals surface area contributed by atoms with Crippen molar-refractivity contribution in [1.29, 1.82) is 0 Å². The Kier molecular flexibility index (Phi) is 2.78. The molecule has 0 aliphatic heterocycles. The zero-order valence-electron chi connectivity index (χ0n) is 6.82. The predicted octanol–water partition coefficient (Wildman–Crippen LogP) is 2.69. The maximum Gasteiger partial charge on any atom is 0.206 e. The van der Waals surface area contributed by atoms with Crippen LogP contribution in [0.15, 0.2) is 6.07 Å². The van der Waals surface area contributed by atoms with Gasteiger partial charge in [-0.1, -0.05) is 8.96 Å². The lowest BCUT2D eigenvalue weighted by atomic mass is 10.2. The fourth-order valence-electron chi connectivity index (χ4n) is 0.876. The molecule has 0 fully saturated rings. The highest BCUT2D eigenvalue weighted by Gasteiger charge is 2.23. The summed E-state index contributed by atoms with van der Waals surface area (Å²) < 4.78 is 66.1. The largest absolute Gasteiger partial charge is 0.491 e. The molecule has 0 atom stereocenters. The number of benzene rings is 1. The minimum absolute atomic E-state index is 0.136. The summed E-state index contributed by atoms with van der Waals surface area (Å²) >= 11 is 0. The van der Waals surface area contributed by atoms with Crippen molar-refractivity contribution in [3.05, 3.63) is 23.5 Å². The van der Waals surface area contributed by atoms with Crippen molar-refractivity contribution in [1.82, 2.24) is 0 Å². The van der Waals surface area contributed by atoms with Crippen LogP contribution in [0.25, 0.3) is 0 Å². The molecular weight excluding hydrogens is 209 g/mol. The average molecular weight is 213 g/mol. The van der Waals surface area contributed by atoms with Crippen LogP contribution in [0.2, 0.25) is 0 Å². The number of nitrogens with zero attached hydrogens (tertiary/aromatic N) is 1. The van der Waals surface area contributed by atoms with Crippen LogP contribution in [0.1, 0.15) is 0 Å². The molecule has 0 heterocycles. The number of methoxy groups -OCH3 is 1. The molecule has 78 valence electrons. The van der Waals surface area contributed by atoms with Gasteiger partial charge in [0.05, 0.1) is 7.11 Å². The lowest BCUT2D eigenvalue weighted by Gasteiger charge is -2.08. The Labute approximate surface area is 75.4 Å². The van der Waals surface area contributed by atoms with Gasteiger partial charge in [0.2, 0.25) is 5.82 Å². The van der Waals surface area contributed by atoms with E-state index in [4.69, 9.17) is 0 Å². The van der Waals surface area contributed by atoms with Crippen LogP contribution in [-0.2, 0) is 0 Å². The summed E-state index contributed by atoms with van der Waals surface area (Å²) in [7, 11) is 0.892. The lowest BCUT2D eigenvalue weighted by molar-refractivity contribution is 0.227. The van der Waals surface area contributed by atoms with Gasteiger partial charge < -0.3 is 4.74 Å². The van der Waals surface area contributed by atoms with Gasteiger partial charge in [-0.2, -0.15) is 4.39 Å². The standard InChI is InChI=1S/C7H4F5NO/c1-14-7-3(8)2-4(13(11)12)5(9)6(7)10/h2H,1H3. The zero-order valence-corrected chi connectivity index (χ0v) is 6.82. The van der Waals surface area contributed by atoms with Crippen molar-refractivity contribution in [3.63, 3.8) is 0 Å². The van der Waals surface area contributed by atoms with Crippen LogP contribution in [0.4, 0.5) is 27.8 Å². The summed E-state index contributed by atoms with van der Waals surface area (Å²) in [5.41, 5.74) is -1.49. The number of rotatable bonds is 2. The number of hydrogen-bond donors (Lipinski definition) is 0. The maximum atomic E-state index is 12.8. The van der Waals surface area contributed by atoms with Crippen molar-refractivity contribution < 1.29 is 26.9 Å². The van der Waals surface area contributed by atoms with Crippen LogP contribution >= 0.6 is 0 Å². The summed E-state index contributed by atoms with van der Waals surface area (Å²) in [6, 6.07) is 0.136. The van der Waals surface area contributed by atoms with E-state index < -0.39 is 34.2 Å². The maximum absolute atomic E-state index is 12.8. The van der Waals surface area contributed by atoms with Crippen LogP contribution < -0.4 is 10.1 Å². The van der Waals surface area contributed by atoms with Crippen LogP contribution in [0.5, 0.6) is 5.75 Å². The molecule has 0 spiro atoms. The molecule has 0 N–H and O–H groups in total. The third-order valence-electron chi connectivity index (χ3n) is 1.48. The van der Waals surface area contributed by atoms with Crippen LogP contribution in [-0.4, -0.2) is 7.11 Å². The Morgan fingerprint density at radius 2 is 1.71 bits per heavy atom. The number of anilines is 1. The van der Waals surface area contributed by atoms with Crippen LogP contribution in [0.3, 0.4) is 0 Å². The van der Waals surface area contributed by atoms with Crippen molar-refractivity contribution in [2.75, 3.05) is 12.5 Å². The molecule has 0 bridgehead atoms. The van der Waals surface area contributed by atoms with E-state index in [0.29, 0.717) is 0 Å². The summed E-state index contributed by atoms with van der Waals surface area (Å²) in [6.45, 7) is 0. The molecule has 0 aliphatic rings. The second-order valence-corrected chi connectivity index (χ2v) is 2.27. The Hall–Kier alpha value is -1.53. The van der Waals surface area contributed by atoms with Crippen molar-refractivity contribution >= 4 is 5.69 Å². The summed E-state index contributed by atoms with van der Waals surface area (Å²) in [4.78, 5) is 0. The molecule has 14 heavy (non-hydrogen) atoms. The molecule has 1 rings (SSSR count). The molecule has 7 heteroatoms. The molecular formula is C7H4F5NO. The molecule has 0 amide bonds. The molecule has 2 nitrogen and oxygen atoms in total. The molecule has 1 aromatic rings. The quantitative estimate of drug-likeness (QED) is 0.425. The van der Waals surface area contributed by atoms with Gasteiger partial charge in [-0.15, -0.1) is 0 Å². The topological polar surface area (TPSA) is 12.5 Å². The molecule has 0 radical (unpaired) electrons. The molecule has 1 aromatic carbocycles. The van der Waals surface area contributed by atoms with Gasteiger partial charge in [0.1, 0.15) is 5.69 Å². The first-order valence-electron chi connectivity index (χ1n) is 3.32. The summed E-state index contributed by atoms with van der Waals surface area (Å²) in [6.07, 6.45) is 0. The summed E-state index contributed by atoms with van der Waals surface area (Å²) in [5.74, 6) is -6.09. The minimum atomic E-state index is -1.87. The highest BCUT2D eigenvalue weighted by Crippen LogP contribution is 2.31. The van der Waals surface area contributed by atoms with Gasteiger partial charge in [0.25, 0.3) is 0 Å². The zero-order chi connectivity index (χ0) is 10.9. The van der Waals surface area contributed by atoms with E-state index in [1.807, 2.05) is 0 Å². The Bertz CT molecular complexity index is 354. The van der Waals surface area contributed by atoms with Gasteiger partial charge in [0, 0.05) is 6.07 Å². The van der Waals surface area contributed by atoms with Crippen molar-refractivity contribution in [3.8, 4) is 5.75 Å². The molecule has 0 saturated heterocycles. The van der Waals surface area contributed by atoms with E-state index in [1.54, 1.807) is 0 Å². The summed E-state index contributed by atoms with van der Waals surface area (Å²) in [5, 5.41) is -1.72. The SMILES string of the molecule is COc1c(F)cc(N(F)F)c(F)c1F. The van der Waals surface area contributed by atoms with E-state index in [9.17, 15) is 22.1 Å². The van der Waals surface area contributed by atoms with Gasteiger partial charge in [-0.05, 0) is 5.34 Å². The van der Waals surface area contributed by atoms with E-state index in [2.05, 4.69) is 4.74 Å². The van der Waals surface area contributed by atoms with Gasteiger partial charge in [0.15, 0.2) is 17.4 Å². The highest BCUT2D eigenvalue weighted by atomic mass is 19.4. The third kappa shape index (κ3) is 1.57. The highest BCUT2D eigenvalue weighted by molar-refractivity contribution is 5.48. The van der Waals surface area contributed by atoms with Crippen LogP contribution in [0, 0.1) is 17.5 Å². The Morgan fingerprint density at radius 3 is 2.14 bits per heavy atom. The number of ether oxygens (including phenoxy) is 1. The number of halogens is 5. The monoisotopic (exact) mass is 213 g/mol. The first kappa shape index (κ1) is 10.6. The lowest BCUT2D eigenvalue weighted by Crippen LogP contribution is -2.04. The molecule has 0 aromatic heterocycles. The first-order chi connectivity index (χ1) is 6.49. The normalized spacial score (nSPS) is 10.1. The van der Waals surface area contributed by atoms with E-state index >= 15 is 0 Å². The van der Waals surface area contributed by atoms with Crippen molar-refractivity contribution in [2.24, 2.45) is 0 Å². The Morgan fingerprint density at radius 1 is 1.14 bits per heavy atom. The van der Waals surface area contributed by atoms with E-state index in [1.165, 1.54) is 0 Å². The van der Waals surface area contributed by atoms with E-state index in [-0.39, 0.29) is 6.07 Å². The Balaban J connectivity index is 3.40. The smallest absolute Gasteiger partial charge is 0.206 e. The van der Waals surface area contributed by atoms with Gasteiger partial charge in [-0.3, -0.25) is 0 Å². The predicted molar refractivity (Wildman–Crippen MR) is 37.6 cm³/mol. The molecule has 0 aliphatic carbocycles. The van der Waals surface area contributed by atoms with E-state index in [0.717, 1.165) is 7.11 Å². The minimum Gasteiger partial charge on any atom is -0.491 e. The fourth-order valence-corrected chi connectivity index (χ4v) is 0.876. The first-order valence-corrected chi connectivity index (χ1v) is 3.32. The number of hydrogen-bond acceptors (Lipinski definition) is 2. The van der Waals surface area contributed by atoms with Gasteiger partial charge in [-0.25, -0.2) is 8.78 Å². The average Bonchev–Trinajstić information content (AvgIpc) is 2.12. The van der Waals surface area contributed by atoms with Crippen molar-refractivity contribution in [2.45, 2.75) is 0 Å². The second kappa shape index (κ2) is 3.69. The molecule has 0 unspecified atom stereocenters. The van der Waals surface area contributed by atoms with Gasteiger partial charge >= 0.3 is 0 Å². The fraction of sp³-hybridized carbons (Fsp3) is 0.143.